The maximum absolute atomic E-state index is 5.66. The van der Waals surface area contributed by atoms with Crippen molar-refractivity contribution in [3.05, 3.63) is 65.7 Å². The zero-order valence-electron chi connectivity index (χ0n) is 11.8. The number of aromatic nitrogens is 1. The molecule has 1 atom stereocenters. The van der Waals surface area contributed by atoms with Crippen molar-refractivity contribution in [3.8, 4) is 0 Å². The van der Waals surface area contributed by atoms with Crippen LogP contribution in [0.5, 0.6) is 0 Å². The highest BCUT2D eigenvalue weighted by atomic mass is 16.3. The highest BCUT2D eigenvalue weighted by Crippen LogP contribution is 2.30. The molecule has 2 heterocycles. The van der Waals surface area contributed by atoms with Crippen molar-refractivity contribution in [1.29, 1.82) is 0 Å². The Bertz CT molecular complexity index is 700. The first-order chi connectivity index (χ1) is 9.79. The molecular formula is C17H18N2O. The summed E-state index contributed by atoms with van der Waals surface area (Å²) in [6, 6.07) is 12.4. The fourth-order valence-corrected chi connectivity index (χ4v) is 2.48. The number of rotatable bonds is 4. The van der Waals surface area contributed by atoms with E-state index in [2.05, 4.69) is 29.4 Å². The number of nitrogens with one attached hydrogen (secondary N) is 1. The molecule has 0 amide bonds. The number of fused-ring (bicyclic) bond motifs is 1. The van der Waals surface area contributed by atoms with Crippen LogP contribution in [0.25, 0.3) is 11.0 Å². The summed E-state index contributed by atoms with van der Waals surface area (Å²) in [4.78, 5) is 4.40. The Kier molecular flexibility index (Phi) is 3.52. The van der Waals surface area contributed by atoms with Gasteiger partial charge in [0, 0.05) is 22.8 Å². The molecule has 0 spiro atoms. The normalized spacial score (nSPS) is 12.7. The lowest BCUT2D eigenvalue weighted by atomic mass is 9.99. The molecule has 0 aliphatic carbocycles. The molecule has 3 rings (SSSR count). The van der Waals surface area contributed by atoms with Gasteiger partial charge in [0.15, 0.2) is 0 Å². The van der Waals surface area contributed by atoms with E-state index < -0.39 is 0 Å². The minimum atomic E-state index is 0.108. The van der Waals surface area contributed by atoms with Crippen molar-refractivity contribution in [1.82, 2.24) is 10.3 Å². The van der Waals surface area contributed by atoms with E-state index in [1.54, 1.807) is 0 Å². The quantitative estimate of drug-likeness (QED) is 0.779. The molecule has 0 radical (unpaired) electrons. The van der Waals surface area contributed by atoms with Gasteiger partial charge in [-0.3, -0.25) is 4.98 Å². The highest BCUT2D eigenvalue weighted by molar-refractivity contribution is 5.81. The molecule has 0 aliphatic heterocycles. The number of para-hydroxylation sites is 1. The van der Waals surface area contributed by atoms with Gasteiger partial charge in [0.05, 0.1) is 12.3 Å². The molecule has 0 fully saturated rings. The number of hydrogen-bond acceptors (Lipinski definition) is 3. The van der Waals surface area contributed by atoms with Crippen LogP contribution in [0.3, 0.4) is 0 Å². The Morgan fingerprint density at radius 3 is 2.80 bits per heavy atom. The van der Waals surface area contributed by atoms with Gasteiger partial charge in [-0.2, -0.15) is 0 Å². The smallest absolute Gasteiger partial charge is 0.134 e. The predicted octanol–water partition coefficient (Wildman–Crippen LogP) is 3.84. The molecule has 2 aromatic heterocycles. The molecule has 0 saturated carbocycles. The minimum Gasteiger partial charge on any atom is -0.464 e. The third-order valence-electron chi connectivity index (χ3n) is 3.50. The molecule has 0 bridgehead atoms. The van der Waals surface area contributed by atoms with Crippen LogP contribution in [0, 0.1) is 6.92 Å². The van der Waals surface area contributed by atoms with Gasteiger partial charge in [-0.1, -0.05) is 31.2 Å². The molecule has 102 valence electrons. The summed E-state index contributed by atoms with van der Waals surface area (Å²) >= 11 is 0. The van der Waals surface area contributed by atoms with Crippen molar-refractivity contribution in [2.24, 2.45) is 0 Å². The van der Waals surface area contributed by atoms with E-state index in [1.807, 2.05) is 43.6 Å². The zero-order valence-corrected chi connectivity index (χ0v) is 11.8. The molecular weight excluding hydrogens is 248 g/mol. The number of aryl methyl sites for hydroxylation is 1. The van der Waals surface area contributed by atoms with Gasteiger partial charge in [0.1, 0.15) is 5.58 Å². The summed E-state index contributed by atoms with van der Waals surface area (Å²) in [5.74, 6) is 0. The van der Waals surface area contributed by atoms with Gasteiger partial charge in [-0.25, -0.2) is 0 Å². The van der Waals surface area contributed by atoms with E-state index in [-0.39, 0.29) is 6.04 Å². The third kappa shape index (κ3) is 2.32. The van der Waals surface area contributed by atoms with Gasteiger partial charge in [0.2, 0.25) is 0 Å². The summed E-state index contributed by atoms with van der Waals surface area (Å²) in [5, 5.41) is 4.66. The third-order valence-corrected chi connectivity index (χ3v) is 3.50. The van der Waals surface area contributed by atoms with Gasteiger partial charge < -0.3 is 9.73 Å². The van der Waals surface area contributed by atoms with Crippen molar-refractivity contribution >= 4 is 11.0 Å². The number of furan rings is 1. The summed E-state index contributed by atoms with van der Waals surface area (Å²) in [6.45, 7) is 4.99. The number of nitrogens with zero attached hydrogens (tertiary/aromatic N) is 1. The van der Waals surface area contributed by atoms with Crippen molar-refractivity contribution in [2.75, 3.05) is 6.54 Å². The molecule has 20 heavy (non-hydrogen) atoms. The van der Waals surface area contributed by atoms with Crippen molar-refractivity contribution in [2.45, 2.75) is 19.9 Å². The van der Waals surface area contributed by atoms with Crippen molar-refractivity contribution in [3.63, 3.8) is 0 Å². The predicted molar refractivity (Wildman–Crippen MR) is 80.7 cm³/mol. The van der Waals surface area contributed by atoms with Crippen LogP contribution < -0.4 is 5.32 Å². The van der Waals surface area contributed by atoms with Crippen LogP contribution in [-0.4, -0.2) is 11.5 Å². The lowest BCUT2D eigenvalue weighted by Crippen LogP contribution is -2.21. The lowest BCUT2D eigenvalue weighted by Gasteiger charge is -2.17. The Hall–Kier alpha value is -2.13. The van der Waals surface area contributed by atoms with E-state index in [1.165, 1.54) is 0 Å². The standard InChI is InChI=1S/C17H18N2O/c1-3-18-17(13-9-8-12(2)19-10-13)15-11-20-16-7-5-4-6-14(15)16/h4-11,17-18H,3H2,1-2H3. The lowest BCUT2D eigenvalue weighted by molar-refractivity contribution is 0.584. The maximum Gasteiger partial charge on any atom is 0.134 e. The topological polar surface area (TPSA) is 38.1 Å². The monoisotopic (exact) mass is 266 g/mol. The summed E-state index contributed by atoms with van der Waals surface area (Å²) < 4.78 is 5.66. The average molecular weight is 266 g/mol. The average Bonchev–Trinajstić information content (AvgIpc) is 2.90. The van der Waals surface area contributed by atoms with Crippen LogP contribution in [0.15, 0.2) is 53.3 Å². The van der Waals surface area contributed by atoms with E-state index in [4.69, 9.17) is 4.42 Å². The van der Waals surface area contributed by atoms with Gasteiger partial charge in [-0.05, 0) is 31.2 Å². The largest absolute Gasteiger partial charge is 0.464 e. The van der Waals surface area contributed by atoms with Crippen LogP contribution in [0.2, 0.25) is 0 Å². The molecule has 1 unspecified atom stereocenters. The van der Waals surface area contributed by atoms with E-state index in [0.717, 1.165) is 34.3 Å². The SMILES string of the molecule is CCNC(c1ccc(C)nc1)c1coc2ccccc12. The Labute approximate surface area is 118 Å². The summed E-state index contributed by atoms with van der Waals surface area (Å²) in [6.07, 6.45) is 3.78. The number of hydrogen-bond donors (Lipinski definition) is 1. The first-order valence-electron chi connectivity index (χ1n) is 6.91. The van der Waals surface area contributed by atoms with E-state index in [9.17, 15) is 0 Å². The maximum atomic E-state index is 5.66. The van der Waals surface area contributed by atoms with Gasteiger partial charge >= 0.3 is 0 Å². The molecule has 1 aromatic carbocycles. The Morgan fingerprint density at radius 1 is 1.20 bits per heavy atom. The number of pyridine rings is 1. The van der Waals surface area contributed by atoms with Crippen LogP contribution in [-0.2, 0) is 0 Å². The highest BCUT2D eigenvalue weighted by Gasteiger charge is 2.18. The Morgan fingerprint density at radius 2 is 2.05 bits per heavy atom. The second-order valence-electron chi connectivity index (χ2n) is 4.91. The molecule has 3 heteroatoms. The van der Waals surface area contributed by atoms with Gasteiger partial charge in [-0.15, -0.1) is 0 Å². The molecule has 3 nitrogen and oxygen atoms in total. The van der Waals surface area contributed by atoms with Crippen LogP contribution >= 0.6 is 0 Å². The molecule has 3 aromatic rings. The zero-order chi connectivity index (χ0) is 13.9. The summed E-state index contributed by atoms with van der Waals surface area (Å²) in [5.41, 5.74) is 4.27. The fourth-order valence-electron chi connectivity index (χ4n) is 2.48. The second kappa shape index (κ2) is 5.47. The van der Waals surface area contributed by atoms with Crippen molar-refractivity contribution < 1.29 is 4.42 Å². The number of benzene rings is 1. The van der Waals surface area contributed by atoms with E-state index in [0.29, 0.717) is 0 Å². The fraction of sp³-hybridized carbons (Fsp3) is 0.235. The van der Waals surface area contributed by atoms with Crippen LogP contribution in [0.4, 0.5) is 0 Å². The molecule has 1 N–H and O–H groups in total. The Balaban J connectivity index is 2.08. The first kappa shape index (κ1) is 12.9. The van der Waals surface area contributed by atoms with Gasteiger partial charge in [0.25, 0.3) is 0 Å². The van der Waals surface area contributed by atoms with E-state index >= 15 is 0 Å². The second-order valence-corrected chi connectivity index (χ2v) is 4.91. The molecule has 0 saturated heterocycles. The molecule has 0 aliphatic rings. The minimum absolute atomic E-state index is 0.108. The first-order valence-corrected chi connectivity index (χ1v) is 6.91. The summed E-state index contributed by atoms with van der Waals surface area (Å²) in [7, 11) is 0. The van der Waals surface area contributed by atoms with Crippen LogP contribution in [0.1, 0.15) is 29.8 Å².